The standard InChI is InChI=1S/C14H18ClN3O/c15-11-6-3-7-12-13(11)18(14(16)17-12)8-9-19-10-4-1-2-5-10/h3,6-7,10H,1-2,4-5,8-9H2,(H2,16,17). The molecule has 1 heterocycles. The Labute approximate surface area is 117 Å². The minimum absolute atomic E-state index is 0.423. The molecule has 0 unspecified atom stereocenters. The molecular weight excluding hydrogens is 262 g/mol. The molecule has 0 spiro atoms. The first-order valence-corrected chi connectivity index (χ1v) is 7.15. The molecule has 1 aromatic carbocycles. The van der Waals surface area contributed by atoms with E-state index >= 15 is 0 Å². The number of nitrogens with zero attached hydrogens (tertiary/aromatic N) is 2. The van der Waals surface area contributed by atoms with Crippen molar-refractivity contribution in [2.24, 2.45) is 0 Å². The number of hydrogen-bond donors (Lipinski definition) is 1. The molecule has 1 aromatic heterocycles. The van der Waals surface area contributed by atoms with Crippen LogP contribution in [0.15, 0.2) is 18.2 Å². The van der Waals surface area contributed by atoms with Crippen LogP contribution in [-0.4, -0.2) is 22.3 Å². The SMILES string of the molecule is Nc1nc2cccc(Cl)c2n1CCOC1CCCC1. The number of hydrogen-bond acceptors (Lipinski definition) is 3. The highest BCUT2D eigenvalue weighted by molar-refractivity contribution is 6.35. The van der Waals surface area contributed by atoms with Crippen molar-refractivity contribution in [3.63, 3.8) is 0 Å². The number of nitrogen functional groups attached to an aromatic ring is 1. The van der Waals surface area contributed by atoms with E-state index in [0.29, 0.717) is 30.2 Å². The van der Waals surface area contributed by atoms with Crippen molar-refractivity contribution in [1.82, 2.24) is 9.55 Å². The van der Waals surface area contributed by atoms with Crippen LogP contribution in [0.1, 0.15) is 25.7 Å². The molecule has 0 bridgehead atoms. The van der Waals surface area contributed by atoms with E-state index in [1.807, 2.05) is 22.8 Å². The molecule has 3 rings (SSSR count). The van der Waals surface area contributed by atoms with Gasteiger partial charge in [-0.25, -0.2) is 4.98 Å². The summed E-state index contributed by atoms with van der Waals surface area (Å²) in [7, 11) is 0. The molecule has 19 heavy (non-hydrogen) atoms. The Balaban J connectivity index is 1.74. The van der Waals surface area contributed by atoms with Crippen LogP contribution in [-0.2, 0) is 11.3 Å². The highest BCUT2D eigenvalue weighted by Crippen LogP contribution is 2.26. The molecule has 1 fully saturated rings. The lowest BCUT2D eigenvalue weighted by molar-refractivity contribution is 0.0537. The Hall–Kier alpha value is -1.26. The molecule has 1 aliphatic carbocycles. The number of rotatable bonds is 4. The molecule has 2 aromatic rings. The molecule has 1 aliphatic rings. The van der Waals surface area contributed by atoms with E-state index in [0.717, 1.165) is 11.0 Å². The van der Waals surface area contributed by atoms with Crippen LogP contribution in [0, 0.1) is 0 Å². The summed E-state index contributed by atoms with van der Waals surface area (Å²) < 4.78 is 7.81. The second-order valence-electron chi connectivity index (χ2n) is 5.01. The summed E-state index contributed by atoms with van der Waals surface area (Å²) in [5.74, 6) is 0.498. The fourth-order valence-electron chi connectivity index (χ4n) is 2.75. The second kappa shape index (κ2) is 5.39. The van der Waals surface area contributed by atoms with E-state index in [2.05, 4.69) is 4.98 Å². The highest BCUT2D eigenvalue weighted by Gasteiger charge is 2.16. The third-order valence-electron chi connectivity index (χ3n) is 3.72. The molecule has 5 heteroatoms. The molecule has 1 saturated carbocycles. The lowest BCUT2D eigenvalue weighted by atomic mass is 10.3. The third-order valence-corrected chi connectivity index (χ3v) is 4.02. The summed E-state index contributed by atoms with van der Waals surface area (Å²) in [4.78, 5) is 4.33. The number of ether oxygens (including phenoxy) is 1. The Morgan fingerprint density at radius 3 is 2.95 bits per heavy atom. The first kappa shape index (κ1) is 12.8. The van der Waals surface area contributed by atoms with Crippen molar-refractivity contribution in [2.45, 2.75) is 38.3 Å². The Morgan fingerprint density at radius 2 is 2.16 bits per heavy atom. The third kappa shape index (κ3) is 2.55. The van der Waals surface area contributed by atoms with Gasteiger partial charge >= 0.3 is 0 Å². The molecule has 102 valence electrons. The number of fused-ring (bicyclic) bond motifs is 1. The van der Waals surface area contributed by atoms with E-state index in [9.17, 15) is 0 Å². The zero-order valence-corrected chi connectivity index (χ0v) is 11.6. The van der Waals surface area contributed by atoms with Crippen LogP contribution in [0.4, 0.5) is 5.95 Å². The van der Waals surface area contributed by atoms with Crippen LogP contribution in [0.3, 0.4) is 0 Å². The zero-order valence-electron chi connectivity index (χ0n) is 10.8. The van der Waals surface area contributed by atoms with E-state index in [1.165, 1.54) is 25.7 Å². The largest absolute Gasteiger partial charge is 0.376 e. The van der Waals surface area contributed by atoms with Crippen molar-refractivity contribution in [3.8, 4) is 0 Å². The van der Waals surface area contributed by atoms with Gasteiger partial charge in [0.15, 0.2) is 0 Å². The van der Waals surface area contributed by atoms with Gasteiger partial charge in [-0.05, 0) is 25.0 Å². The topological polar surface area (TPSA) is 53.1 Å². The van der Waals surface area contributed by atoms with Gasteiger partial charge in [-0.1, -0.05) is 30.5 Å². The maximum absolute atomic E-state index is 6.22. The average Bonchev–Trinajstić information content (AvgIpc) is 2.99. The smallest absolute Gasteiger partial charge is 0.201 e. The summed E-state index contributed by atoms with van der Waals surface area (Å²) >= 11 is 6.22. The second-order valence-corrected chi connectivity index (χ2v) is 5.41. The highest BCUT2D eigenvalue weighted by atomic mass is 35.5. The van der Waals surface area contributed by atoms with Gasteiger partial charge in [0, 0.05) is 6.54 Å². The van der Waals surface area contributed by atoms with Crippen LogP contribution in [0.5, 0.6) is 0 Å². The fourth-order valence-corrected chi connectivity index (χ4v) is 3.02. The van der Waals surface area contributed by atoms with Crippen molar-refractivity contribution in [2.75, 3.05) is 12.3 Å². The number of para-hydroxylation sites is 1. The minimum atomic E-state index is 0.423. The van der Waals surface area contributed by atoms with Crippen molar-refractivity contribution in [3.05, 3.63) is 23.2 Å². The Morgan fingerprint density at radius 1 is 1.37 bits per heavy atom. The molecule has 2 N–H and O–H groups in total. The number of imidazole rings is 1. The van der Waals surface area contributed by atoms with Gasteiger partial charge in [0.25, 0.3) is 0 Å². The Kier molecular flexibility index (Phi) is 3.62. The quantitative estimate of drug-likeness (QED) is 0.935. The molecule has 0 atom stereocenters. The van der Waals surface area contributed by atoms with Crippen molar-refractivity contribution >= 4 is 28.6 Å². The summed E-state index contributed by atoms with van der Waals surface area (Å²) in [6, 6.07) is 5.67. The number of aromatic nitrogens is 2. The first-order valence-electron chi connectivity index (χ1n) is 6.77. The number of nitrogens with two attached hydrogens (primary N) is 1. The summed E-state index contributed by atoms with van der Waals surface area (Å²) in [5.41, 5.74) is 7.69. The summed E-state index contributed by atoms with van der Waals surface area (Å²) in [6.07, 6.45) is 5.35. The molecule has 0 saturated heterocycles. The molecule has 0 aliphatic heterocycles. The predicted octanol–water partition coefficient (Wildman–Crippen LogP) is 3.23. The normalized spacial score (nSPS) is 16.5. The molecule has 0 amide bonds. The molecule has 0 radical (unpaired) electrons. The maximum atomic E-state index is 6.22. The predicted molar refractivity (Wildman–Crippen MR) is 77.4 cm³/mol. The van der Waals surface area contributed by atoms with Gasteiger partial charge < -0.3 is 15.0 Å². The van der Waals surface area contributed by atoms with Crippen LogP contribution >= 0.6 is 11.6 Å². The number of anilines is 1. The van der Waals surface area contributed by atoms with Gasteiger partial charge in [-0.2, -0.15) is 0 Å². The first-order chi connectivity index (χ1) is 9.25. The summed E-state index contributed by atoms with van der Waals surface area (Å²) in [6.45, 7) is 1.36. The van der Waals surface area contributed by atoms with E-state index < -0.39 is 0 Å². The van der Waals surface area contributed by atoms with E-state index in [-0.39, 0.29) is 0 Å². The lowest BCUT2D eigenvalue weighted by Gasteiger charge is -2.12. The average molecular weight is 280 g/mol. The van der Waals surface area contributed by atoms with E-state index in [1.54, 1.807) is 0 Å². The maximum Gasteiger partial charge on any atom is 0.201 e. The lowest BCUT2D eigenvalue weighted by Crippen LogP contribution is -2.14. The van der Waals surface area contributed by atoms with E-state index in [4.69, 9.17) is 22.1 Å². The fraction of sp³-hybridized carbons (Fsp3) is 0.500. The van der Waals surface area contributed by atoms with Crippen LogP contribution in [0.2, 0.25) is 5.02 Å². The monoisotopic (exact) mass is 279 g/mol. The van der Waals surface area contributed by atoms with Gasteiger partial charge in [0.2, 0.25) is 5.95 Å². The molecule has 4 nitrogen and oxygen atoms in total. The van der Waals surface area contributed by atoms with Gasteiger partial charge in [0.1, 0.15) is 0 Å². The number of halogens is 1. The van der Waals surface area contributed by atoms with Gasteiger partial charge in [0.05, 0.1) is 28.8 Å². The summed E-state index contributed by atoms with van der Waals surface area (Å²) in [5, 5.41) is 0.683. The van der Waals surface area contributed by atoms with Crippen molar-refractivity contribution < 1.29 is 4.74 Å². The van der Waals surface area contributed by atoms with Crippen molar-refractivity contribution in [1.29, 1.82) is 0 Å². The minimum Gasteiger partial charge on any atom is -0.376 e. The van der Waals surface area contributed by atoms with Gasteiger partial charge in [-0.3, -0.25) is 0 Å². The Bertz CT molecular complexity index is 575. The molecular formula is C14H18ClN3O. The van der Waals surface area contributed by atoms with Crippen LogP contribution < -0.4 is 5.73 Å². The van der Waals surface area contributed by atoms with Crippen LogP contribution in [0.25, 0.3) is 11.0 Å². The number of benzene rings is 1. The van der Waals surface area contributed by atoms with Gasteiger partial charge in [-0.15, -0.1) is 0 Å². The zero-order chi connectivity index (χ0) is 13.2.